The normalized spacial score (nSPS) is 10.4. The molecule has 0 unspecified atom stereocenters. The van der Waals surface area contributed by atoms with E-state index < -0.39 is 0 Å². The fourth-order valence-electron chi connectivity index (χ4n) is 1.51. The molecule has 1 aromatic carbocycles. The molecule has 0 saturated heterocycles. The van der Waals surface area contributed by atoms with E-state index in [0.717, 1.165) is 18.7 Å². The second-order valence-electron chi connectivity index (χ2n) is 3.73. The number of ether oxygens (including phenoxy) is 3. The predicted octanol–water partition coefficient (Wildman–Crippen LogP) is 2.48. The van der Waals surface area contributed by atoms with Crippen molar-refractivity contribution < 1.29 is 14.2 Å². The van der Waals surface area contributed by atoms with Crippen LogP contribution in [0.2, 0.25) is 5.02 Å². The smallest absolute Gasteiger partial charge is 0.179 e. The van der Waals surface area contributed by atoms with Crippen LogP contribution in [0.5, 0.6) is 11.5 Å². The Morgan fingerprint density at radius 1 is 1.22 bits per heavy atom. The van der Waals surface area contributed by atoms with Gasteiger partial charge in [-0.15, -0.1) is 0 Å². The molecular formula is C13H20ClNO3. The Balaban J connectivity index is 2.82. The number of hydrogen-bond acceptors (Lipinski definition) is 4. The fourth-order valence-corrected chi connectivity index (χ4v) is 1.80. The van der Waals surface area contributed by atoms with Crippen LogP contribution in [0.15, 0.2) is 12.1 Å². The lowest BCUT2D eigenvalue weighted by Gasteiger charge is -2.14. The molecule has 0 fully saturated rings. The van der Waals surface area contributed by atoms with Gasteiger partial charge >= 0.3 is 0 Å². The van der Waals surface area contributed by atoms with Crippen molar-refractivity contribution in [3.8, 4) is 11.5 Å². The maximum atomic E-state index is 6.20. The van der Waals surface area contributed by atoms with Crippen molar-refractivity contribution in [1.29, 1.82) is 0 Å². The second kappa shape index (κ2) is 8.19. The van der Waals surface area contributed by atoms with E-state index in [2.05, 4.69) is 12.2 Å². The van der Waals surface area contributed by atoms with Crippen LogP contribution >= 0.6 is 11.6 Å². The van der Waals surface area contributed by atoms with Gasteiger partial charge in [0, 0.05) is 13.7 Å². The minimum absolute atomic E-state index is 0.444. The van der Waals surface area contributed by atoms with E-state index in [1.165, 1.54) is 0 Å². The number of hydrogen-bond donors (Lipinski definition) is 1. The molecule has 0 radical (unpaired) electrons. The van der Waals surface area contributed by atoms with E-state index in [-0.39, 0.29) is 0 Å². The zero-order valence-electron chi connectivity index (χ0n) is 11.1. The predicted molar refractivity (Wildman–Crippen MR) is 72.8 cm³/mol. The van der Waals surface area contributed by atoms with Crippen LogP contribution in [0.3, 0.4) is 0 Å². The summed E-state index contributed by atoms with van der Waals surface area (Å²) in [5.41, 5.74) is 1.07. The van der Waals surface area contributed by atoms with Gasteiger partial charge in [0.2, 0.25) is 0 Å². The quantitative estimate of drug-likeness (QED) is 0.739. The van der Waals surface area contributed by atoms with Crippen LogP contribution in [0.4, 0.5) is 0 Å². The molecule has 0 atom stereocenters. The van der Waals surface area contributed by atoms with Gasteiger partial charge < -0.3 is 19.5 Å². The summed E-state index contributed by atoms with van der Waals surface area (Å²) in [6, 6.07) is 3.81. The van der Waals surface area contributed by atoms with E-state index in [1.807, 2.05) is 12.1 Å². The molecule has 0 aliphatic heterocycles. The standard InChI is InChI=1S/C13H20ClNO3/c1-4-15-9-10-7-11(14)13(12(8-10)17-3)18-6-5-16-2/h7-8,15H,4-6,9H2,1-3H3. The molecule has 0 amide bonds. The van der Waals surface area contributed by atoms with E-state index in [4.69, 9.17) is 25.8 Å². The molecule has 18 heavy (non-hydrogen) atoms. The molecule has 1 aromatic rings. The van der Waals surface area contributed by atoms with E-state index in [1.54, 1.807) is 14.2 Å². The minimum Gasteiger partial charge on any atom is -0.493 e. The first-order chi connectivity index (χ1) is 8.72. The highest BCUT2D eigenvalue weighted by molar-refractivity contribution is 6.32. The average Bonchev–Trinajstić information content (AvgIpc) is 2.38. The monoisotopic (exact) mass is 273 g/mol. The molecule has 1 rings (SSSR count). The van der Waals surface area contributed by atoms with Gasteiger partial charge in [-0.25, -0.2) is 0 Å². The third-order valence-corrected chi connectivity index (χ3v) is 2.68. The zero-order valence-corrected chi connectivity index (χ0v) is 11.8. The van der Waals surface area contributed by atoms with Crippen molar-refractivity contribution in [2.45, 2.75) is 13.5 Å². The molecule has 0 bridgehead atoms. The largest absolute Gasteiger partial charge is 0.493 e. The molecule has 0 saturated carbocycles. The number of methoxy groups -OCH3 is 2. The Kier molecular flexibility index (Phi) is 6.86. The summed E-state index contributed by atoms with van der Waals surface area (Å²) in [6.45, 7) is 4.68. The summed E-state index contributed by atoms with van der Waals surface area (Å²) in [7, 11) is 3.23. The summed E-state index contributed by atoms with van der Waals surface area (Å²) < 4.78 is 15.8. The van der Waals surface area contributed by atoms with E-state index in [0.29, 0.717) is 29.7 Å². The summed E-state index contributed by atoms with van der Waals surface area (Å²) in [5.74, 6) is 1.21. The first-order valence-electron chi connectivity index (χ1n) is 5.91. The second-order valence-corrected chi connectivity index (χ2v) is 4.14. The van der Waals surface area contributed by atoms with Gasteiger partial charge in [0.25, 0.3) is 0 Å². The lowest BCUT2D eigenvalue weighted by Crippen LogP contribution is -2.12. The van der Waals surface area contributed by atoms with Gasteiger partial charge in [0.1, 0.15) is 6.61 Å². The maximum absolute atomic E-state index is 6.20. The Bertz CT molecular complexity index is 371. The molecule has 0 aliphatic rings. The molecule has 1 N–H and O–H groups in total. The highest BCUT2D eigenvalue weighted by Gasteiger charge is 2.11. The fraction of sp³-hybridized carbons (Fsp3) is 0.538. The minimum atomic E-state index is 0.444. The van der Waals surface area contributed by atoms with Crippen LogP contribution in [0, 0.1) is 0 Å². The van der Waals surface area contributed by atoms with Gasteiger partial charge in [-0.1, -0.05) is 18.5 Å². The first-order valence-corrected chi connectivity index (χ1v) is 6.29. The summed E-state index contributed by atoms with van der Waals surface area (Å²) in [4.78, 5) is 0. The summed E-state index contributed by atoms with van der Waals surface area (Å²) in [5, 5.41) is 3.79. The van der Waals surface area contributed by atoms with E-state index in [9.17, 15) is 0 Å². The topological polar surface area (TPSA) is 39.7 Å². The van der Waals surface area contributed by atoms with E-state index >= 15 is 0 Å². The van der Waals surface area contributed by atoms with Crippen molar-refractivity contribution in [3.05, 3.63) is 22.7 Å². The van der Waals surface area contributed by atoms with Crippen LogP contribution in [0.1, 0.15) is 12.5 Å². The zero-order chi connectivity index (χ0) is 13.4. The molecule has 0 heterocycles. The van der Waals surface area contributed by atoms with Gasteiger partial charge in [-0.3, -0.25) is 0 Å². The van der Waals surface area contributed by atoms with Crippen LogP contribution < -0.4 is 14.8 Å². The molecule has 0 aliphatic carbocycles. The Hall–Kier alpha value is -0.970. The third-order valence-electron chi connectivity index (χ3n) is 2.40. The van der Waals surface area contributed by atoms with Crippen molar-refractivity contribution in [3.63, 3.8) is 0 Å². The molecule has 4 nitrogen and oxygen atoms in total. The number of halogens is 1. The molecule has 0 spiro atoms. The Morgan fingerprint density at radius 3 is 2.61 bits per heavy atom. The van der Waals surface area contributed by atoms with Crippen molar-refractivity contribution in [2.24, 2.45) is 0 Å². The SMILES string of the molecule is CCNCc1cc(Cl)c(OCCOC)c(OC)c1. The molecule has 5 heteroatoms. The summed E-state index contributed by atoms with van der Waals surface area (Å²) in [6.07, 6.45) is 0. The Labute approximate surface area is 113 Å². The summed E-state index contributed by atoms with van der Waals surface area (Å²) >= 11 is 6.20. The number of rotatable bonds is 8. The number of nitrogens with one attached hydrogen (secondary N) is 1. The lowest BCUT2D eigenvalue weighted by molar-refractivity contribution is 0.144. The van der Waals surface area contributed by atoms with Gasteiger partial charge in [-0.05, 0) is 24.2 Å². The lowest BCUT2D eigenvalue weighted by atomic mass is 10.2. The van der Waals surface area contributed by atoms with Crippen LogP contribution in [-0.4, -0.2) is 34.0 Å². The average molecular weight is 274 g/mol. The first kappa shape index (κ1) is 15.1. The molecule has 0 aromatic heterocycles. The maximum Gasteiger partial charge on any atom is 0.179 e. The molecular weight excluding hydrogens is 254 g/mol. The number of benzene rings is 1. The Morgan fingerprint density at radius 2 is 2.00 bits per heavy atom. The highest BCUT2D eigenvalue weighted by Crippen LogP contribution is 2.36. The van der Waals surface area contributed by atoms with Gasteiger partial charge in [0.15, 0.2) is 11.5 Å². The van der Waals surface area contributed by atoms with Crippen molar-refractivity contribution >= 4 is 11.6 Å². The van der Waals surface area contributed by atoms with Crippen LogP contribution in [-0.2, 0) is 11.3 Å². The van der Waals surface area contributed by atoms with Gasteiger partial charge in [-0.2, -0.15) is 0 Å². The highest BCUT2D eigenvalue weighted by atomic mass is 35.5. The van der Waals surface area contributed by atoms with Crippen molar-refractivity contribution in [2.75, 3.05) is 34.0 Å². The van der Waals surface area contributed by atoms with Gasteiger partial charge in [0.05, 0.1) is 18.7 Å². The third kappa shape index (κ3) is 4.37. The van der Waals surface area contributed by atoms with Crippen LogP contribution in [0.25, 0.3) is 0 Å². The van der Waals surface area contributed by atoms with Crippen molar-refractivity contribution in [1.82, 2.24) is 5.32 Å². The molecule has 102 valence electrons.